The highest BCUT2D eigenvalue weighted by Gasteiger charge is 2.29. The second-order valence-corrected chi connectivity index (χ2v) is 9.85. The van der Waals surface area contributed by atoms with Crippen molar-refractivity contribution in [1.82, 2.24) is 14.8 Å². The Morgan fingerprint density at radius 1 is 1.12 bits per heavy atom. The maximum absolute atomic E-state index is 13.7. The molecule has 2 aromatic heterocycles. The summed E-state index contributed by atoms with van der Waals surface area (Å²) in [6, 6.07) is 11.1. The number of aromatic nitrogens is 1. The lowest BCUT2D eigenvalue weighted by molar-refractivity contribution is -0.126. The van der Waals surface area contributed by atoms with E-state index >= 15 is 0 Å². The average molecular weight is 468 g/mol. The van der Waals surface area contributed by atoms with Gasteiger partial charge in [-0.15, -0.1) is 11.3 Å². The number of rotatable bonds is 6. The summed E-state index contributed by atoms with van der Waals surface area (Å²) in [4.78, 5) is 28.9. The Labute approximate surface area is 198 Å². The van der Waals surface area contributed by atoms with Crippen LogP contribution >= 0.6 is 11.3 Å². The molecule has 33 heavy (non-hydrogen) atoms. The summed E-state index contributed by atoms with van der Waals surface area (Å²) in [6.07, 6.45) is 1.27. The second kappa shape index (κ2) is 9.91. The Bertz CT molecular complexity index is 1140. The number of amides is 2. The van der Waals surface area contributed by atoms with Crippen LogP contribution in [0.4, 0.5) is 4.39 Å². The van der Waals surface area contributed by atoms with Gasteiger partial charge in [-0.3, -0.25) is 9.59 Å². The molecule has 2 amide bonds. The molecule has 1 aliphatic heterocycles. The lowest BCUT2D eigenvalue weighted by atomic mass is 9.95. The summed E-state index contributed by atoms with van der Waals surface area (Å²) in [7, 11) is 0. The zero-order chi connectivity index (χ0) is 23.5. The first kappa shape index (κ1) is 23.2. The molecule has 4 rings (SSSR count). The number of carbonyl (C=O) groups excluding carboxylic acids is 2. The van der Waals surface area contributed by atoms with Gasteiger partial charge in [-0.1, -0.05) is 18.2 Å². The van der Waals surface area contributed by atoms with Crippen molar-refractivity contribution >= 4 is 23.2 Å². The number of nitrogens with zero attached hydrogens (tertiary/aromatic N) is 2. The molecule has 1 saturated heterocycles. The first-order chi connectivity index (χ1) is 15.8. The van der Waals surface area contributed by atoms with Crippen LogP contribution in [0.3, 0.4) is 0 Å². The van der Waals surface area contributed by atoms with Crippen molar-refractivity contribution in [2.45, 2.75) is 46.7 Å². The molecule has 0 saturated carbocycles. The van der Waals surface area contributed by atoms with Gasteiger partial charge in [0.25, 0.3) is 5.91 Å². The van der Waals surface area contributed by atoms with Gasteiger partial charge in [0, 0.05) is 41.8 Å². The van der Waals surface area contributed by atoms with Gasteiger partial charge in [0.2, 0.25) is 5.91 Å². The maximum Gasteiger partial charge on any atom is 0.255 e. The molecule has 1 N–H and O–H groups in total. The SMILES string of the molecule is Cc1ccc(CNC(=O)C2CCN(C(=O)c3cc(C)n(Cc4cccs4)c3C)CC2)cc1F. The van der Waals surface area contributed by atoms with E-state index in [0.29, 0.717) is 38.0 Å². The summed E-state index contributed by atoms with van der Waals surface area (Å²) in [5.41, 5.74) is 4.14. The van der Waals surface area contributed by atoms with Crippen molar-refractivity contribution in [3.05, 3.63) is 80.6 Å². The highest BCUT2D eigenvalue weighted by molar-refractivity contribution is 7.09. The van der Waals surface area contributed by atoms with Crippen LogP contribution < -0.4 is 5.32 Å². The quantitative estimate of drug-likeness (QED) is 0.565. The van der Waals surface area contributed by atoms with Gasteiger partial charge < -0.3 is 14.8 Å². The third-order valence-corrected chi connectivity index (χ3v) is 7.42. The minimum Gasteiger partial charge on any atom is -0.352 e. The van der Waals surface area contributed by atoms with Crippen LogP contribution in [0.1, 0.15) is 50.6 Å². The average Bonchev–Trinajstić information content (AvgIpc) is 3.43. The van der Waals surface area contributed by atoms with Crippen LogP contribution in [-0.2, 0) is 17.9 Å². The van der Waals surface area contributed by atoms with E-state index in [1.165, 1.54) is 10.9 Å². The standard InChI is InChI=1S/C26H30FN3O2S/c1-17-6-7-20(14-24(17)27)15-28-25(31)21-8-10-29(11-9-21)26(32)23-13-18(2)30(19(23)3)16-22-5-4-12-33-22/h4-7,12-14,21H,8-11,15-16H2,1-3H3,(H,28,31). The molecule has 0 aliphatic carbocycles. The fourth-order valence-corrected chi connectivity index (χ4v) is 5.11. The molecule has 0 radical (unpaired) electrons. The molecular formula is C26H30FN3O2S. The first-order valence-corrected chi connectivity index (χ1v) is 12.2. The molecule has 0 bridgehead atoms. The number of aryl methyl sites for hydroxylation is 2. The molecule has 1 aliphatic rings. The number of halogens is 1. The third kappa shape index (κ3) is 5.19. The van der Waals surface area contributed by atoms with Gasteiger partial charge in [0.15, 0.2) is 0 Å². The van der Waals surface area contributed by atoms with E-state index in [-0.39, 0.29) is 23.5 Å². The summed E-state index contributed by atoms with van der Waals surface area (Å²) >= 11 is 1.71. The molecular weight excluding hydrogens is 437 g/mol. The molecule has 7 heteroatoms. The minimum absolute atomic E-state index is 0.0304. The van der Waals surface area contributed by atoms with Gasteiger partial charge in [-0.25, -0.2) is 4.39 Å². The van der Waals surface area contributed by atoms with Crippen LogP contribution in [0.5, 0.6) is 0 Å². The van der Waals surface area contributed by atoms with Crippen molar-refractivity contribution < 1.29 is 14.0 Å². The summed E-state index contributed by atoms with van der Waals surface area (Å²) in [6.45, 7) is 7.96. The van der Waals surface area contributed by atoms with E-state index in [2.05, 4.69) is 21.3 Å². The number of nitrogens with one attached hydrogen (secondary N) is 1. The van der Waals surface area contributed by atoms with Crippen molar-refractivity contribution in [2.24, 2.45) is 5.92 Å². The molecule has 5 nitrogen and oxygen atoms in total. The van der Waals surface area contributed by atoms with Crippen LogP contribution in [0.2, 0.25) is 0 Å². The molecule has 3 heterocycles. The van der Waals surface area contributed by atoms with E-state index in [1.807, 2.05) is 36.9 Å². The predicted octanol–water partition coefficient (Wildman–Crippen LogP) is 4.83. The minimum atomic E-state index is -0.261. The maximum atomic E-state index is 13.7. The van der Waals surface area contributed by atoms with Gasteiger partial charge in [0.1, 0.15) is 5.82 Å². The molecule has 0 atom stereocenters. The fraction of sp³-hybridized carbons (Fsp3) is 0.385. The van der Waals surface area contributed by atoms with Crippen LogP contribution in [0.25, 0.3) is 0 Å². The molecule has 0 spiro atoms. The smallest absolute Gasteiger partial charge is 0.255 e. The molecule has 0 unspecified atom stereocenters. The van der Waals surface area contributed by atoms with Gasteiger partial charge in [-0.2, -0.15) is 0 Å². The number of thiophene rings is 1. The predicted molar refractivity (Wildman–Crippen MR) is 129 cm³/mol. The van der Waals surface area contributed by atoms with Crippen LogP contribution in [0, 0.1) is 32.5 Å². The number of likely N-dealkylation sites (tertiary alicyclic amines) is 1. The molecule has 1 fully saturated rings. The Hall–Kier alpha value is -2.93. The van der Waals surface area contributed by atoms with E-state index in [9.17, 15) is 14.0 Å². The lowest BCUT2D eigenvalue weighted by Gasteiger charge is -2.31. The Morgan fingerprint density at radius 2 is 1.88 bits per heavy atom. The van der Waals surface area contributed by atoms with Crippen molar-refractivity contribution in [1.29, 1.82) is 0 Å². The van der Waals surface area contributed by atoms with Gasteiger partial charge in [-0.05, 0) is 68.3 Å². The van der Waals surface area contributed by atoms with Gasteiger partial charge in [0.05, 0.1) is 12.1 Å². The van der Waals surface area contributed by atoms with Gasteiger partial charge >= 0.3 is 0 Å². The number of hydrogen-bond acceptors (Lipinski definition) is 3. The van der Waals surface area contributed by atoms with E-state index in [0.717, 1.165) is 29.1 Å². The zero-order valence-electron chi connectivity index (χ0n) is 19.4. The number of benzene rings is 1. The van der Waals surface area contributed by atoms with E-state index in [4.69, 9.17) is 0 Å². The zero-order valence-corrected chi connectivity index (χ0v) is 20.2. The van der Waals surface area contributed by atoms with Crippen molar-refractivity contribution in [3.63, 3.8) is 0 Å². The Balaban J connectivity index is 1.32. The highest BCUT2D eigenvalue weighted by atomic mass is 32.1. The number of hydrogen-bond donors (Lipinski definition) is 1. The first-order valence-electron chi connectivity index (χ1n) is 11.3. The summed E-state index contributed by atoms with van der Waals surface area (Å²) < 4.78 is 15.9. The van der Waals surface area contributed by atoms with E-state index in [1.54, 1.807) is 24.3 Å². The van der Waals surface area contributed by atoms with E-state index < -0.39 is 0 Å². The fourth-order valence-electron chi connectivity index (χ4n) is 4.41. The van der Waals surface area contributed by atoms with Crippen LogP contribution in [-0.4, -0.2) is 34.4 Å². The van der Waals surface area contributed by atoms with Crippen molar-refractivity contribution in [3.8, 4) is 0 Å². The second-order valence-electron chi connectivity index (χ2n) is 8.82. The molecule has 3 aromatic rings. The largest absolute Gasteiger partial charge is 0.352 e. The number of carbonyl (C=O) groups is 2. The van der Waals surface area contributed by atoms with Crippen molar-refractivity contribution in [2.75, 3.05) is 13.1 Å². The monoisotopic (exact) mass is 467 g/mol. The summed E-state index contributed by atoms with van der Waals surface area (Å²) in [5, 5.41) is 4.98. The normalized spacial score (nSPS) is 14.5. The molecule has 174 valence electrons. The Kier molecular flexibility index (Phi) is 6.98. The summed E-state index contributed by atoms with van der Waals surface area (Å²) in [5.74, 6) is -0.384. The third-order valence-electron chi connectivity index (χ3n) is 6.55. The lowest BCUT2D eigenvalue weighted by Crippen LogP contribution is -2.43. The Morgan fingerprint density at radius 3 is 2.55 bits per heavy atom. The highest BCUT2D eigenvalue weighted by Crippen LogP contribution is 2.24. The van der Waals surface area contributed by atoms with Crippen LogP contribution in [0.15, 0.2) is 41.8 Å². The topological polar surface area (TPSA) is 54.3 Å². The molecule has 1 aromatic carbocycles. The number of piperidine rings is 1.